The van der Waals surface area contributed by atoms with E-state index in [0.717, 1.165) is 12.8 Å². The van der Waals surface area contributed by atoms with Gasteiger partial charge in [0, 0.05) is 12.8 Å². The number of allylic oxidation sites excluding steroid dienone is 3. The minimum atomic E-state index is -0.606. The van der Waals surface area contributed by atoms with Gasteiger partial charge in [0.15, 0.2) is 5.78 Å². The predicted molar refractivity (Wildman–Crippen MR) is 63.3 cm³/mol. The van der Waals surface area contributed by atoms with Crippen LogP contribution in [0.4, 0.5) is 0 Å². The average molecular weight is 238 g/mol. The van der Waals surface area contributed by atoms with Crippen molar-refractivity contribution in [1.82, 2.24) is 0 Å². The fraction of sp³-hybridized carbons (Fsp3) is 0.538. The highest BCUT2D eigenvalue weighted by Gasteiger charge is 2.20. The second kappa shape index (κ2) is 7.01. The van der Waals surface area contributed by atoms with Gasteiger partial charge in [-0.25, -0.2) is 0 Å². The Morgan fingerprint density at radius 1 is 1.59 bits per heavy atom. The quantitative estimate of drug-likeness (QED) is 0.433. The van der Waals surface area contributed by atoms with Gasteiger partial charge in [-0.05, 0) is 30.9 Å². The highest BCUT2D eigenvalue weighted by Crippen LogP contribution is 2.18. The third-order valence-electron chi connectivity index (χ3n) is 2.63. The van der Waals surface area contributed by atoms with Gasteiger partial charge in [0.25, 0.3) is 0 Å². The summed E-state index contributed by atoms with van der Waals surface area (Å²) < 4.78 is 4.52. The summed E-state index contributed by atoms with van der Waals surface area (Å²) in [4.78, 5) is 22.1. The number of carbonyl (C=O) groups excluding carboxylic acids is 2. The number of aliphatic hydroxyl groups excluding tert-OH is 1. The number of carbonyl (C=O) groups is 2. The number of hydrogen-bond acceptors (Lipinski definition) is 4. The molecule has 0 radical (unpaired) electrons. The molecule has 1 N–H and O–H groups in total. The third-order valence-corrected chi connectivity index (χ3v) is 2.63. The maximum atomic E-state index is 11.3. The normalized spacial score (nSPS) is 19.8. The number of ether oxygens (including phenoxy) is 1. The average Bonchev–Trinajstić information content (AvgIpc) is 2.62. The van der Waals surface area contributed by atoms with E-state index < -0.39 is 6.10 Å². The van der Waals surface area contributed by atoms with Gasteiger partial charge in [-0.1, -0.05) is 12.2 Å². The molecule has 0 spiro atoms. The molecule has 0 fully saturated rings. The molecule has 0 aliphatic heterocycles. The molecule has 1 aliphatic rings. The smallest absolute Gasteiger partial charge is 0.305 e. The monoisotopic (exact) mass is 238 g/mol. The van der Waals surface area contributed by atoms with Crippen molar-refractivity contribution in [2.24, 2.45) is 0 Å². The standard InChI is InChI=1S/C13H18O4/c1-17-13(16)7-5-3-2-4-6-10-8-11(14)9-12(10)15/h2,4,8,11,14H,3,5-7,9H2,1H3/b4-2+/t11-/m0/s1. The molecule has 0 bridgehead atoms. The predicted octanol–water partition coefficient (Wildman–Crippen LogP) is 1.54. The number of Topliss-reactive ketones (excluding diaryl/α,β-unsaturated/α-hetero) is 1. The lowest BCUT2D eigenvalue weighted by molar-refractivity contribution is -0.140. The second-order valence-electron chi connectivity index (χ2n) is 4.03. The van der Waals surface area contributed by atoms with E-state index in [2.05, 4.69) is 4.74 Å². The number of methoxy groups -OCH3 is 1. The summed E-state index contributed by atoms with van der Waals surface area (Å²) in [7, 11) is 1.38. The van der Waals surface area contributed by atoms with E-state index >= 15 is 0 Å². The topological polar surface area (TPSA) is 63.6 Å². The lowest BCUT2D eigenvalue weighted by Crippen LogP contribution is -2.00. The molecule has 1 rings (SSSR count). The van der Waals surface area contributed by atoms with E-state index in [9.17, 15) is 14.7 Å². The first-order valence-corrected chi connectivity index (χ1v) is 5.77. The van der Waals surface area contributed by atoms with Gasteiger partial charge in [0.05, 0.1) is 13.2 Å². The highest BCUT2D eigenvalue weighted by atomic mass is 16.5. The van der Waals surface area contributed by atoms with Crippen LogP contribution in [0.25, 0.3) is 0 Å². The molecule has 94 valence electrons. The van der Waals surface area contributed by atoms with Crippen molar-refractivity contribution in [1.29, 1.82) is 0 Å². The molecular formula is C13H18O4. The Morgan fingerprint density at radius 2 is 2.35 bits per heavy atom. The number of esters is 1. The van der Waals surface area contributed by atoms with E-state index in [1.54, 1.807) is 6.08 Å². The molecule has 0 aromatic rings. The van der Waals surface area contributed by atoms with Gasteiger partial charge in [-0.15, -0.1) is 0 Å². The summed E-state index contributed by atoms with van der Waals surface area (Å²) in [6.45, 7) is 0. The molecule has 4 heteroatoms. The molecular weight excluding hydrogens is 220 g/mol. The van der Waals surface area contributed by atoms with Crippen LogP contribution < -0.4 is 0 Å². The highest BCUT2D eigenvalue weighted by molar-refractivity contribution is 5.98. The van der Waals surface area contributed by atoms with Crippen LogP contribution in [0.5, 0.6) is 0 Å². The summed E-state index contributed by atoms with van der Waals surface area (Å²) in [5.74, 6) is -0.174. The van der Waals surface area contributed by atoms with Crippen LogP contribution in [0.1, 0.15) is 32.1 Å². The van der Waals surface area contributed by atoms with Crippen molar-refractivity contribution in [3.63, 3.8) is 0 Å². The van der Waals surface area contributed by atoms with Crippen molar-refractivity contribution >= 4 is 11.8 Å². The summed E-state index contributed by atoms with van der Waals surface area (Å²) >= 11 is 0. The van der Waals surface area contributed by atoms with Gasteiger partial charge in [-0.2, -0.15) is 0 Å². The largest absolute Gasteiger partial charge is 0.469 e. The number of hydrogen-bond donors (Lipinski definition) is 1. The van der Waals surface area contributed by atoms with E-state index in [0.29, 0.717) is 18.4 Å². The van der Waals surface area contributed by atoms with E-state index in [1.165, 1.54) is 7.11 Å². The number of unbranched alkanes of at least 4 members (excludes halogenated alkanes) is 1. The Morgan fingerprint density at radius 3 is 2.94 bits per heavy atom. The molecule has 0 saturated heterocycles. The van der Waals surface area contributed by atoms with Crippen molar-refractivity contribution in [2.45, 2.75) is 38.2 Å². The molecule has 4 nitrogen and oxygen atoms in total. The zero-order valence-corrected chi connectivity index (χ0v) is 10.0. The zero-order valence-electron chi connectivity index (χ0n) is 10.0. The molecule has 0 saturated carbocycles. The maximum Gasteiger partial charge on any atom is 0.305 e. The second-order valence-corrected chi connectivity index (χ2v) is 4.03. The Balaban J connectivity index is 2.16. The van der Waals surface area contributed by atoms with Crippen LogP contribution in [-0.4, -0.2) is 30.1 Å². The van der Waals surface area contributed by atoms with Crippen molar-refractivity contribution in [3.05, 3.63) is 23.8 Å². The minimum Gasteiger partial charge on any atom is -0.469 e. The number of aliphatic hydroxyl groups is 1. The molecule has 0 heterocycles. The molecule has 0 aromatic carbocycles. The Labute approximate surface area is 101 Å². The third kappa shape index (κ3) is 4.95. The molecule has 0 amide bonds. The fourth-order valence-electron chi connectivity index (χ4n) is 1.68. The van der Waals surface area contributed by atoms with Crippen molar-refractivity contribution in [2.75, 3.05) is 7.11 Å². The van der Waals surface area contributed by atoms with E-state index in [4.69, 9.17) is 0 Å². The number of rotatable bonds is 6. The van der Waals surface area contributed by atoms with Crippen LogP contribution in [0, 0.1) is 0 Å². The van der Waals surface area contributed by atoms with Crippen LogP contribution in [0.2, 0.25) is 0 Å². The van der Waals surface area contributed by atoms with Gasteiger partial charge in [-0.3, -0.25) is 9.59 Å². The zero-order chi connectivity index (χ0) is 12.7. The minimum absolute atomic E-state index is 0.0247. The maximum absolute atomic E-state index is 11.3. The van der Waals surface area contributed by atoms with Gasteiger partial charge < -0.3 is 9.84 Å². The SMILES string of the molecule is COC(=O)CCC/C=C/CC1=C[C@H](O)CC1=O. The first-order chi connectivity index (χ1) is 8.13. The number of ketones is 1. The fourth-order valence-corrected chi connectivity index (χ4v) is 1.68. The molecule has 0 aromatic heterocycles. The Bertz CT molecular complexity index is 341. The van der Waals surface area contributed by atoms with E-state index in [-0.39, 0.29) is 18.2 Å². The summed E-state index contributed by atoms with van der Waals surface area (Å²) in [6.07, 6.45) is 7.59. The first kappa shape index (κ1) is 13.6. The van der Waals surface area contributed by atoms with Crippen LogP contribution in [0.15, 0.2) is 23.8 Å². The Hall–Kier alpha value is -1.42. The lowest BCUT2D eigenvalue weighted by atomic mass is 10.1. The van der Waals surface area contributed by atoms with Crippen molar-refractivity contribution in [3.8, 4) is 0 Å². The van der Waals surface area contributed by atoms with Crippen molar-refractivity contribution < 1.29 is 19.4 Å². The Kier molecular flexibility index (Phi) is 5.63. The van der Waals surface area contributed by atoms with Crippen LogP contribution in [0.3, 0.4) is 0 Å². The summed E-state index contributed by atoms with van der Waals surface area (Å²) in [5, 5.41) is 9.23. The van der Waals surface area contributed by atoms with Gasteiger partial charge >= 0.3 is 5.97 Å². The summed E-state index contributed by atoms with van der Waals surface area (Å²) in [5.41, 5.74) is 0.682. The molecule has 17 heavy (non-hydrogen) atoms. The molecule has 1 aliphatic carbocycles. The summed E-state index contributed by atoms with van der Waals surface area (Å²) in [6, 6.07) is 0. The first-order valence-electron chi connectivity index (χ1n) is 5.77. The van der Waals surface area contributed by atoms with Gasteiger partial charge in [0.1, 0.15) is 0 Å². The van der Waals surface area contributed by atoms with E-state index in [1.807, 2.05) is 12.2 Å². The van der Waals surface area contributed by atoms with Crippen LogP contribution >= 0.6 is 0 Å². The molecule has 1 atom stereocenters. The van der Waals surface area contributed by atoms with Crippen LogP contribution in [-0.2, 0) is 14.3 Å². The lowest BCUT2D eigenvalue weighted by Gasteiger charge is -1.96. The molecule has 0 unspecified atom stereocenters. The van der Waals surface area contributed by atoms with Gasteiger partial charge in [0.2, 0.25) is 0 Å².